The first-order valence-corrected chi connectivity index (χ1v) is 21.2. The second-order valence-electron chi connectivity index (χ2n) is 15.6. The van der Waals surface area contributed by atoms with Crippen LogP contribution in [-0.4, -0.2) is 78.6 Å². The molecule has 1 saturated carbocycles. The monoisotopic (exact) mass is 828 g/mol. The molecule has 2 aliphatic carbocycles. The number of ether oxygens (including phenoxy) is 6. The van der Waals surface area contributed by atoms with Crippen molar-refractivity contribution in [3.63, 3.8) is 0 Å². The molecule has 0 saturated heterocycles. The minimum Gasteiger partial charge on any atom is -0.489 e. The van der Waals surface area contributed by atoms with Gasteiger partial charge in [-0.1, -0.05) is 54.4 Å². The van der Waals surface area contributed by atoms with E-state index >= 15 is 0 Å². The van der Waals surface area contributed by atoms with Gasteiger partial charge in [-0.15, -0.1) is 6.58 Å². The number of oxime groups is 1. The van der Waals surface area contributed by atoms with Crippen molar-refractivity contribution in [3.05, 3.63) is 107 Å². The van der Waals surface area contributed by atoms with Crippen LogP contribution in [0.4, 0.5) is 9.18 Å². The maximum absolute atomic E-state index is 14.7. The summed E-state index contributed by atoms with van der Waals surface area (Å²) in [7, 11) is 0. The molecule has 2 heterocycles. The first-order chi connectivity index (χ1) is 29.3. The van der Waals surface area contributed by atoms with Gasteiger partial charge in [0.25, 0.3) is 0 Å². The van der Waals surface area contributed by atoms with E-state index in [-0.39, 0.29) is 76.4 Å². The summed E-state index contributed by atoms with van der Waals surface area (Å²) in [6, 6.07) is 17.0. The minimum atomic E-state index is -1.48. The number of unbranched alkanes of at least 4 members (excludes halogenated alkanes) is 2. The molecule has 0 bridgehead atoms. The van der Waals surface area contributed by atoms with Gasteiger partial charge >= 0.3 is 6.09 Å². The molecule has 2 N–H and O–H groups in total. The Bertz CT molecular complexity index is 2020. The number of carbonyl (C=O) groups is 1. The molecule has 12 nitrogen and oxygen atoms in total. The van der Waals surface area contributed by atoms with Crippen molar-refractivity contribution in [3.8, 4) is 23.0 Å². The zero-order valence-corrected chi connectivity index (χ0v) is 34.6. The molecule has 6 atom stereocenters. The maximum Gasteiger partial charge on any atom is 0.410 e. The van der Waals surface area contributed by atoms with Gasteiger partial charge in [-0.25, -0.2) is 9.18 Å². The molecule has 0 radical (unpaired) electrons. The van der Waals surface area contributed by atoms with E-state index in [1.165, 1.54) is 6.07 Å². The number of amides is 1. The Morgan fingerprint density at radius 3 is 2.53 bits per heavy atom. The summed E-state index contributed by atoms with van der Waals surface area (Å²) < 4.78 is 52.5. The van der Waals surface area contributed by atoms with E-state index in [2.05, 4.69) is 12.7 Å². The van der Waals surface area contributed by atoms with E-state index in [0.717, 1.165) is 42.4 Å². The number of allylic oxidation sites excluding steroid dienone is 1. The van der Waals surface area contributed by atoms with Crippen LogP contribution in [0.25, 0.3) is 0 Å². The van der Waals surface area contributed by atoms with Gasteiger partial charge in [-0.2, -0.15) is 0 Å². The topological polar surface area (TPSA) is 138 Å². The second-order valence-corrected chi connectivity index (χ2v) is 15.6. The smallest absolute Gasteiger partial charge is 0.410 e. The summed E-state index contributed by atoms with van der Waals surface area (Å²) in [4.78, 5) is 21.9. The van der Waals surface area contributed by atoms with Crippen molar-refractivity contribution in [2.24, 2.45) is 22.9 Å². The first-order valence-electron chi connectivity index (χ1n) is 21.2. The Morgan fingerprint density at radius 1 is 0.983 bits per heavy atom. The van der Waals surface area contributed by atoms with Crippen LogP contribution in [0.5, 0.6) is 23.0 Å². The molecule has 1 amide bonds. The third-order valence-electron chi connectivity index (χ3n) is 12.0. The van der Waals surface area contributed by atoms with Gasteiger partial charge in [0.15, 0.2) is 11.5 Å². The highest BCUT2D eigenvalue weighted by Gasteiger charge is 2.65. The maximum atomic E-state index is 14.7. The average molecular weight is 829 g/mol. The molecule has 13 heteroatoms. The fourth-order valence-electron chi connectivity index (χ4n) is 9.40. The van der Waals surface area contributed by atoms with Crippen molar-refractivity contribution in [2.75, 3.05) is 39.8 Å². The number of benzene rings is 3. The zero-order chi connectivity index (χ0) is 42.1. The summed E-state index contributed by atoms with van der Waals surface area (Å²) >= 11 is 0. The number of carbonyl (C=O) groups excluding carboxylic acids is 1. The lowest BCUT2D eigenvalue weighted by atomic mass is 9.55. The molecule has 3 aromatic carbocycles. The lowest BCUT2D eigenvalue weighted by Gasteiger charge is -2.59. The van der Waals surface area contributed by atoms with Gasteiger partial charge in [-0.3, -0.25) is 4.90 Å². The fourth-order valence-corrected chi connectivity index (χ4v) is 9.40. The molecule has 1 fully saturated rings. The number of nitrogens with zero attached hydrogens (tertiary/aromatic N) is 2. The fraction of sp³-hybridized carbons (Fsp3) is 0.489. The van der Waals surface area contributed by atoms with Crippen LogP contribution >= 0.6 is 0 Å². The van der Waals surface area contributed by atoms with Crippen LogP contribution in [0.1, 0.15) is 81.4 Å². The number of hydrogen-bond donors (Lipinski definition) is 2. The molecule has 4 aliphatic rings. The Hall–Kier alpha value is -5.11. The van der Waals surface area contributed by atoms with Crippen molar-refractivity contribution < 1.29 is 52.7 Å². The number of rotatable bonds is 20. The predicted octanol–water partition coefficient (Wildman–Crippen LogP) is 8.45. The number of fused-ring (bicyclic) bond motifs is 3. The van der Waals surface area contributed by atoms with E-state index in [1.54, 1.807) is 36.1 Å². The molecule has 0 spiro atoms. The van der Waals surface area contributed by atoms with Gasteiger partial charge in [0.2, 0.25) is 12.6 Å². The highest BCUT2D eigenvalue weighted by atomic mass is 19.1. The molecular weight excluding hydrogens is 772 g/mol. The SMILES string of the molecule is C=CCOC12Oc3ccc(OCc4ccccc4F)cc3C3C(CCCCO)C(CCCCO)C=C(C(=NOCC)CC1N(Cc1ccc4c(c1)OCO4)C(=O)OCC)C32. The molecule has 2 aliphatic heterocycles. The van der Waals surface area contributed by atoms with Gasteiger partial charge in [0.05, 0.1) is 24.8 Å². The van der Waals surface area contributed by atoms with E-state index < -0.39 is 23.8 Å². The quantitative estimate of drug-likeness (QED) is 0.0649. The van der Waals surface area contributed by atoms with E-state index in [0.29, 0.717) is 53.7 Å². The summed E-state index contributed by atoms with van der Waals surface area (Å²) in [5, 5.41) is 24.6. The van der Waals surface area contributed by atoms with E-state index in [1.807, 2.05) is 43.3 Å². The summed E-state index contributed by atoms with van der Waals surface area (Å²) in [6.45, 7) is 8.67. The predicted molar refractivity (Wildman–Crippen MR) is 222 cm³/mol. The minimum absolute atomic E-state index is 0.0113. The Morgan fingerprint density at radius 2 is 1.77 bits per heavy atom. The van der Waals surface area contributed by atoms with Crippen molar-refractivity contribution in [1.29, 1.82) is 0 Å². The highest BCUT2D eigenvalue weighted by molar-refractivity contribution is 6.03. The van der Waals surface area contributed by atoms with Gasteiger partial charge in [0.1, 0.15) is 36.6 Å². The zero-order valence-electron chi connectivity index (χ0n) is 34.6. The van der Waals surface area contributed by atoms with Crippen LogP contribution in [-0.2, 0) is 27.5 Å². The first kappa shape index (κ1) is 43.0. The lowest BCUT2D eigenvalue weighted by Crippen LogP contribution is -2.70. The van der Waals surface area contributed by atoms with Crippen molar-refractivity contribution in [2.45, 2.75) is 89.7 Å². The average Bonchev–Trinajstić information content (AvgIpc) is 3.73. The van der Waals surface area contributed by atoms with Crippen LogP contribution in [0.15, 0.2) is 90.1 Å². The van der Waals surface area contributed by atoms with Crippen LogP contribution < -0.4 is 18.9 Å². The molecule has 3 aromatic rings. The lowest BCUT2D eigenvalue weighted by molar-refractivity contribution is -0.256. The van der Waals surface area contributed by atoms with Gasteiger partial charge in [0, 0.05) is 43.2 Å². The van der Waals surface area contributed by atoms with Gasteiger partial charge < -0.3 is 43.5 Å². The number of halogens is 1. The Kier molecular flexibility index (Phi) is 14.3. The number of aliphatic hydroxyl groups is 2. The molecule has 60 heavy (non-hydrogen) atoms. The number of aliphatic hydroxyl groups excluding tert-OH is 2. The molecular formula is C47H57FN2O10. The summed E-state index contributed by atoms with van der Waals surface area (Å²) in [5.41, 5.74) is 3.71. The third-order valence-corrected chi connectivity index (χ3v) is 12.0. The van der Waals surface area contributed by atoms with E-state index in [9.17, 15) is 19.4 Å². The molecule has 322 valence electrons. The van der Waals surface area contributed by atoms with Crippen LogP contribution in [0, 0.1) is 23.6 Å². The standard InChI is InChI=1S/C47H57FN2O10/c1-4-23-58-47-43(50(46(53)54-5-2)28-31-17-19-41-42(24-31)57-30-56-41)27-39(49-59-6-3)36-25-32(13-9-11-21-51)35(15-10-12-22-52)44(45(36)47)37-26-34(18-20-40(37)60-47)55-29-33-14-7-8-16-38(33)48/h4,7-8,14,16-20,24-26,32,35,43-45,51-52H,1,5-6,9-13,15,21-23,27-30H2,2-3H3. The molecule has 0 aromatic heterocycles. The molecule has 7 rings (SSSR count). The third kappa shape index (κ3) is 8.99. The largest absolute Gasteiger partial charge is 0.489 e. The second kappa shape index (κ2) is 20.0. The normalized spacial score (nSPS) is 24.1. The highest BCUT2D eigenvalue weighted by Crippen LogP contribution is 2.62. The molecule has 6 unspecified atom stereocenters. The van der Waals surface area contributed by atoms with Crippen LogP contribution in [0.3, 0.4) is 0 Å². The van der Waals surface area contributed by atoms with Crippen LogP contribution in [0.2, 0.25) is 0 Å². The summed E-state index contributed by atoms with van der Waals surface area (Å²) in [6.07, 6.45) is 8.08. The van der Waals surface area contributed by atoms with Gasteiger partial charge in [-0.05, 0) is 98.9 Å². The summed E-state index contributed by atoms with van der Waals surface area (Å²) in [5.74, 6) is -0.217. The van der Waals surface area contributed by atoms with Crippen molar-refractivity contribution >= 4 is 11.8 Å². The van der Waals surface area contributed by atoms with Crippen molar-refractivity contribution in [1.82, 2.24) is 4.90 Å². The number of hydrogen-bond acceptors (Lipinski definition) is 11. The Labute approximate surface area is 351 Å². The van der Waals surface area contributed by atoms with E-state index in [4.69, 9.17) is 38.4 Å². The Balaban J connectivity index is 1.42.